The first-order chi connectivity index (χ1) is 15.1. The molecule has 0 bridgehead atoms. The summed E-state index contributed by atoms with van der Waals surface area (Å²) in [6, 6.07) is 3.74. The van der Waals surface area contributed by atoms with E-state index >= 15 is 0 Å². The smallest absolute Gasteiger partial charge is 0.277 e. The second-order valence-electron chi connectivity index (χ2n) is 8.18. The normalized spacial score (nSPS) is 20.7. The number of fused-ring (bicyclic) bond motifs is 1. The van der Waals surface area contributed by atoms with Gasteiger partial charge in [0.2, 0.25) is 5.89 Å². The van der Waals surface area contributed by atoms with E-state index in [0.29, 0.717) is 5.89 Å². The van der Waals surface area contributed by atoms with E-state index in [9.17, 15) is 4.79 Å². The van der Waals surface area contributed by atoms with E-state index in [4.69, 9.17) is 4.42 Å². The van der Waals surface area contributed by atoms with Crippen LogP contribution in [-0.2, 0) is 0 Å². The summed E-state index contributed by atoms with van der Waals surface area (Å²) in [5, 5.41) is 5.03. The molecule has 1 unspecified atom stereocenters. The Labute approximate surface area is 181 Å². The van der Waals surface area contributed by atoms with E-state index in [-0.39, 0.29) is 17.6 Å². The molecule has 2 aliphatic heterocycles. The number of oxazole rings is 1. The topological polar surface area (TPSA) is 86.5 Å². The third-order valence-corrected chi connectivity index (χ3v) is 5.78. The Kier molecular flexibility index (Phi) is 5.07. The summed E-state index contributed by atoms with van der Waals surface area (Å²) in [4.78, 5) is 24.0. The SMILES string of the molecule is Cc1cc(-c2nc(C(=O)NC3=CC4NN(C)C=C4C=C3N3CCCCC3)co2)ccn1. The molecule has 1 amide bonds. The number of carbonyl (C=O) groups is 1. The number of rotatable bonds is 4. The summed E-state index contributed by atoms with van der Waals surface area (Å²) in [5.41, 5.74) is 8.33. The summed E-state index contributed by atoms with van der Waals surface area (Å²) in [7, 11) is 1.98. The minimum atomic E-state index is -0.284. The van der Waals surface area contributed by atoms with Gasteiger partial charge in [0.25, 0.3) is 5.91 Å². The minimum Gasteiger partial charge on any atom is -0.444 e. The number of hydrazine groups is 1. The number of hydrogen-bond acceptors (Lipinski definition) is 7. The number of aryl methyl sites for hydroxylation is 1. The third-order valence-electron chi connectivity index (χ3n) is 5.78. The van der Waals surface area contributed by atoms with Crippen LogP contribution in [0.2, 0.25) is 0 Å². The molecule has 0 saturated carbocycles. The molecule has 2 aromatic rings. The predicted octanol–water partition coefficient (Wildman–Crippen LogP) is 2.74. The minimum absolute atomic E-state index is 0.0431. The van der Waals surface area contributed by atoms with Gasteiger partial charge in [-0.25, -0.2) is 10.4 Å². The predicted molar refractivity (Wildman–Crippen MR) is 116 cm³/mol. The molecule has 3 aliphatic rings. The fourth-order valence-corrected chi connectivity index (χ4v) is 4.26. The lowest BCUT2D eigenvalue weighted by Crippen LogP contribution is -2.39. The van der Waals surface area contributed by atoms with Crippen LogP contribution in [0.4, 0.5) is 0 Å². The van der Waals surface area contributed by atoms with Gasteiger partial charge in [-0.15, -0.1) is 0 Å². The molecule has 0 spiro atoms. The van der Waals surface area contributed by atoms with Crippen LogP contribution in [0.3, 0.4) is 0 Å². The highest BCUT2D eigenvalue weighted by atomic mass is 16.3. The van der Waals surface area contributed by atoms with Gasteiger partial charge in [0.1, 0.15) is 6.26 Å². The average Bonchev–Trinajstić information content (AvgIpc) is 3.40. The number of pyridine rings is 1. The largest absolute Gasteiger partial charge is 0.444 e. The van der Waals surface area contributed by atoms with Gasteiger partial charge >= 0.3 is 0 Å². The second kappa shape index (κ2) is 8.03. The lowest BCUT2D eigenvalue weighted by Gasteiger charge is -2.34. The van der Waals surface area contributed by atoms with Crippen LogP contribution >= 0.6 is 0 Å². The lowest BCUT2D eigenvalue weighted by atomic mass is 9.98. The van der Waals surface area contributed by atoms with Crippen LogP contribution in [0.15, 0.2) is 64.3 Å². The first kappa shape index (κ1) is 19.6. The zero-order chi connectivity index (χ0) is 21.4. The monoisotopic (exact) mass is 418 g/mol. The number of piperidine rings is 1. The van der Waals surface area contributed by atoms with Crippen molar-refractivity contribution >= 4 is 5.91 Å². The van der Waals surface area contributed by atoms with Gasteiger partial charge in [0.15, 0.2) is 5.69 Å². The van der Waals surface area contributed by atoms with E-state index in [2.05, 4.69) is 44.0 Å². The Morgan fingerprint density at radius 2 is 2.13 bits per heavy atom. The molecular weight excluding hydrogens is 392 g/mol. The molecule has 1 atom stereocenters. The standard InChI is InChI=1S/C23H26N6O2/c1-15-10-16(6-7-24-15)23-26-20(14-31-23)22(30)25-19-12-18-17(13-28(2)27-18)11-21(19)29-8-4-3-5-9-29/h6-7,10-14,18,27H,3-5,8-9H2,1-2H3,(H,25,30). The molecule has 0 aromatic carbocycles. The van der Waals surface area contributed by atoms with Crippen LogP contribution in [0.25, 0.3) is 11.5 Å². The van der Waals surface area contributed by atoms with Crippen LogP contribution < -0.4 is 10.7 Å². The maximum absolute atomic E-state index is 13.0. The maximum atomic E-state index is 13.0. The van der Waals surface area contributed by atoms with Gasteiger partial charge in [0, 0.05) is 43.8 Å². The van der Waals surface area contributed by atoms with Crippen molar-refractivity contribution in [3.63, 3.8) is 0 Å². The van der Waals surface area contributed by atoms with Crippen molar-refractivity contribution in [1.29, 1.82) is 0 Å². The molecular formula is C23H26N6O2. The van der Waals surface area contributed by atoms with Gasteiger partial charge < -0.3 is 19.6 Å². The summed E-state index contributed by atoms with van der Waals surface area (Å²) in [6.45, 7) is 3.90. The molecule has 160 valence electrons. The highest BCUT2D eigenvalue weighted by molar-refractivity contribution is 5.94. The average molecular weight is 419 g/mol. The fourth-order valence-electron chi connectivity index (χ4n) is 4.26. The van der Waals surface area contributed by atoms with Gasteiger partial charge in [-0.3, -0.25) is 9.78 Å². The van der Waals surface area contributed by atoms with Crippen molar-refractivity contribution in [3.05, 3.63) is 71.3 Å². The van der Waals surface area contributed by atoms with Crippen molar-refractivity contribution in [2.24, 2.45) is 0 Å². The molecule has 8 nitrogen and oxygen atoms in total. The molecule has 2 aromatic heterocycles. The number of nitrogens with one attached hydrogen (secondary N) is 2. The van der Waals surface area contributed by atoms with Crippen molar-refractivity contribution in [2.75, 3.05) is 20.1 Å². The van der Waals surface area contributed by atoms with Crippen molar-refractivity contribution in [3.8, 4) is 11.5 Å². The van der Waals surface area contributed by atoms with Crippen LogP contribution in [0, 0.1) is 6.92 Å². The number of aromatic nitrogens is 2. The summed E-state index contributed by atoms with van der Waals surface area (Å²) < 4.78 is 5.57. The second-order valence-corrected chi connectivity index (χ2v) is 8.18. The number of nitrogens with zero attached hydrogens (tertiary/aromatic N) is 4. The van der Waals surface area contributed by atoms with Crippen molar-refractivity contribution in [1.82, 2.24) is 30.6 Å². The van der Waals surface area contributed by atoms with E-state index in [1.54, 1.807) is 6.20 Å². The highest BCUT2D eigenvalue weighted by Crippen LogP contribution is 2.29. The van der Waals surface area contributed by atoms with Gasteiger partial charge in [-0.1, -0.05) is 0 Å². The Morgan fingerprint density at radius 1 is 1.29 bits per heavy atom. The molecule has 1 fully saturated rings. The zero-order valence-corrected chi connectivity index (χ0v) is 17.8. The quantitative estimate of drug-likeness (QED) is 0.790. The van der Waals surface area contributed by atoms with Gasteiger partial charge in [0.05, 0.1) is 17.4 Å². The Balaban J connectivity index is 1.38. The summed E-state index contributed by atoms with van der Waals surface area (Å²) in [5.74, 6) is 0.123. The molecule has 8 heteroatoms. The number of hydrogen-bond donors (Lipinski definition) is 2. The van der Waals surface area contributed by atoms with E-state index in [0.717, 1.165) is 48.6 Å². The van der Waals surface area contributed by atoms with Gasteiger partial charge in [-0.2, -0.15) is 0 Å². The lowest BCUT2D eigenvalue weighted by molar-refractivity contribution is 0.0959. The number of carbonyl (C=O) groups excluding carboxylic acids is 1. The molecule has 0 radical (unpaired) electrons. The molecule has 1 saturated heterocycles. The highest BCUT2D eigenvalue weighted by Gasteiger charge is 2.29. The van der Waals surface area contributed by atoms with Crippen molar-refractivity contribution in [2.45, 2.75) is 32.2 Å². The summed E-state index contributed by atoms with van der Waals surface area (Å²) in [6.07, 6.45) is 13.0. The Morgan fingerprint density at radius 3 is 2.94 bits per heavy atom. The van der Waals surface area contributed by atoms with E-state index in [1.165, 1.54) is 18.3 Å². The zero-order valence-electron chi connectivity index (χ0n) is 17.8. The van der Waals surface area contributed by atoms with Crippen LogP contribution in [0.1, 0.15) is 35.4 Å². The maximum Gasteiger partial charge on any atom is 0.277 e. The Hall–Kier alpha value is -3.39. The number of likely N-dealkylation sites (tertiary alicyclic amines) is 1. The molecule has 2 N–H and O–H groups in total. The molecule has 4 heterocycles. The van der Waals surface area contributed by atoms with Gasteiger partial charge in [-0.05, 0) is 56.0 Å². The molecule has 31 heavy (non-hydrogen) atoms. The fraction of sp³-hybridized carbons (Fsp3) is 0.348. The van der Waals surface area contributed by atoms with Crippen LogP contribution in [0.5, 0.6) is 0 Å². The van der Waals surface area contributed by atoms with Crippen LogP contribution in [-0.4, -0.2) is 52.0 Å². The first-order valence-electron chi connectivity index (χ1n) is 10.7. The number of amides is 1. The van der Waals surface area contributed by atoms with E-state index < -0.39 is 0 Å². The summed E-state index contributed by atoms with van der Waals surface area (Å²) >= 11 is 0. The Bertz CT molecular complexity index is 1090. The van der Waals surface area contributed by atoms with E-state index in [1.807, 2.05) is 31.1 Å². The molecule has 5 rings (SSSR count). The third kappa shape index (κ3) is 3.98. The first-order valence-corrected chi connectivity index (χ1v) is 10.7. The van der Waals surface area contributed by atoms with Crippen molar-refractivity contribution < 1.29 is 9.21 Å². The molecule has 1 aliphatic carbocycles.